The zero-order chi connectivity index (χ0) is 14.8. The third kappa shape index (κ3) is 2.84. The molecule has 3 aromatic heterocycles. The summed E-state index contributed by atoms with van der Waals surface area (Å²) in [6, 6.07) is 1.78. The Morgan fingerprint density at radius 2 is 2.14 bits per heavy atom. The standard InChI is InChI=1S/C12H13ClN8/c1-3-8-9(7-20(2)19-8)15-11-16-10(13)17-12(18-11)21-6-4-5-14-21/h4-7H,3H2,1-2H3,(H,15,16,17,18). The van der Waals surface area contributed by atoms with Gasteiger partial charge >= 0.3 is 0 Å². The Morgan fingerprint density at radius 1 is 1.29 bits per heavy atom. The van der Waals surface area contributed by atoms with E-state index in [1.165, 1.54) is 4.68 Å². The predicted molar refractivity (Wildman–Crippen MR) is 77.8 cm³/mol. The number of halogens is 1. The summed E-state index contributed by atoms with van der Waals surface area (Å²) in [7, 11) is 1.86. The Balaban J connectivity index is 1.95. The molecular weight excluding hydrogens is 292 g/mol. The third-order valence-corrected chi connectivity index (χ3v) is 2.96. The lowest BCUT2D eigenvalue weighted by Gasteiger charge is -2.06. The number of aryl methyl sites for hydroxylation is 2. The number of nitrogens with one attached hydrogen (secondary N) is 1. The number of aromatic nitrogens is 7. The average molecular weight is 305 g/mol. The van der Waals surface area contributed by atoms with Crippen LogP contribution in [-0.4, -0.2) is 34.5 Å². The van der Waals surface area contributed by atoms with Crippen LogP contribution in [0.2, 0.25) is 5.28 Å². The molecule has 0 amide bonds. The largest absolute Gasteiger partial charge is 0.321 e. The molecule has 0 radical (unpaired) electrons. The van der Waals surface area contributed by atoms with E-state index in [2.05, 4.69) is 30.5 Å². The monoisotopic (exact) mass is 304 g/mol. The minimum atomic E-state index is 0.0972. The van der Waals surface area contributed by atoms with Crippen molar-refractivity contribution < 1.29 is 0 Å². The number of rotatable bonds is 4. The summed E-state index contributed by atoms with van der Waals surface area (Å²) >= 11 is 5.95. The Hall–Kier alpha value is -2.48. The molecule has 3 heterocycles. The fourth-order valence-electron chi connectivity index (χ4n) is 1.91. The highest BCUT2D eigenvalue weighted by Crippen LogP contribution is 2.19. The molecule has 3 rings (SSSR count). The van der Waals surface area contributed by atoms with E-state index in [1.807, 2.05) is 20.2 Å². The van der Waals surface area contributed by atoms with Crippen LogP contribution < -0.4 is 5.32 Å². The zero-order valence-corrected chi connectivity index (χ0v) is 12.3. The molecule has 0 fully saturated rings. The van der Waals surface area contributed by atoms with E-state index in [9.17, 15) is 0 Å². The summed E-state index contributed by atoms with van der Waals surface area (Å²) in [6.07, 6.45) is 6.04. The van der Waals surface area contributed by atoms with Gasteiger partial charge in [0.1, 0.15) is 0 Å². The minimum absolute atomic E-state index is 0.0972. The average Bonchev–Trinajstić information content (AvgIpc) is 3.07. The molecule has 0 atom stereocenters. The van der Waals surface area contributed by atoms with Gasteiger partial charge in [0.2, 0.25) is 11.2 Å². The van der Waals surface area contributed by atoms with Crippen LogP contribution in [0.5, 0.6) is 0 Å². The Labute approximate surface area is 125 Å². The van der Waals surface area contributed by atoms with Gasteiger partial charge in [-0.15, -0.1) is 0 Å². The first-order valence-electron chi connectivity index (χ1n) is 6.37. The molecule has 21 heavy (non-hydrogen) atoms. The molecule has 0 aliphatic rings. The lowest BCUT2D eigenvalue weighted by Crippen LogP contribution is -2.07. The maximum absolute atomic E-state index is 5.95. The highest BCUT2D eigenvalue weighted by atomic mass is 35.5. The van der Waals surface area contributed by atoms with Crippen LogP contribution in [0.1, 0.15) is 12.6 Å². The van der Waals surface area contributed by atoms with Crippen molar-refractivity contribution in [3.63, 3.8) is 0 Å². The molecule has 0 unspecified atom stereocenters. The number of nitrogens with zero attached hydrogens (tertiary/aromatic N) is 7. The van der Waals surface area contributed by atoms with Gasteiger partial charge in [0.25, 0.3) is 5.95 Å². The number of hydrogen-bond donors (Lipinski definition) is 1. The van der Waals surface area contributed by atoms with Crippen LogP contribution in [0.4, 0.5) is 11.6 Å². The van der Waals surface area contributed by atoms with E-state index in [1.54, 1.807) is 23.1 Å². The first-order valence-corrected chi connectivity index (χ1v) is 6.74. The molecule has 0 aliphatic heterocycles. The maximum atomic E-state index is 5.95. The highest BCUT2D eigenvalue weighted by molar-refractivity contribution is 6.28. The van der Waals surface area contributed by atoms with Crippen molar-refractivity contribution in [1.29, 1.82) is 0 Å². The Bertz CT molecular complexity index is 749. The van der Waals surface area contributed by atoms with Crippen LogP contribution in [0.3, 0.4) is 0 Å². The fraction of sp³-hybridized carbons (Fsp3) is 0.250. The lowest BCUT2D eigenvalue weighted by molar-refractivity contribution is 0.746. The number of anilines is 2. The third-order valence-electron chi connectivity index (χ3n) is 2.79. The van der Waals surface area contributed by atoms with Crippen LogP contribution in [0.15, 0.2) is 24.7 Å². The van der Waals surface area contributed by atoms with Gasteiger partial charge in [-0.2, -0.15) is 25.1 Å². The van der Waals surface area contributed by atoms with Gasteiger partial charge in [0.15, 0.2) is 0 Å². The zero-order valence-electron chi connectivity index (χ0n) is 11.5. The smallest absolute Gasteiger partial charge is 0.256 e. The van der Waals surface area contributed by atoms with Crippen LogP contribution in [0, 0.1) is 0 Å². The summed E-state index contributed by atoms with van der Waals surface area (Å²) in [5.74, 6) is 0.702. The maximum Gasteiger partial charge on any atom is 0.256 e. The minimum Gasteiger partial charge on any atom is -0.321 e. The molecule has 108 valence electrons. The summed E-state index contributed by atoms with van der Waals surface area (Å²) in [4.78, 5) is 12.4. The van der Waals surface area contributed by atoms with E-state index < -0.39 is 0 Å². The van der Waals surface area contributed by atoms with Crippen LogP contribution in [0.25, 0.3) is 5.95 Å². The van der Waals surface area contributed by atoms with Crippen molar-refractivity contribution in [1.82, 2.24) is 34.5 Å². The van der Waals surface area contributed by atoms with Crippen molar-refractivity contribution in [2.45, 2.75) is 13.3 Å². The summed E-state index contributed by atoms with van der Waals surface area (Å²) in [6.45, 7) is 2.03. The van der Waals surface area contributed by atoms with Gasteiger partial charge in [-0.25, -0.2) is 4.68 Å². The van der Waals surface area contributed by atoms with E-state index in [0.29, 0.717) is 11.9 Å². The van der Waals surface area contributed by atoms with Crippen molar-refractivity contribution in [3.05, 3.63) is 35.6 Å². The number of hydrogen-bond acceptors (Lipinski definition) is 6. The van der Waals surface area contributed by atoms with Gasteiger partial charge in [-0.05, 0) is 24.1 Å². The summed E-state index contributed by atoms with van der Waals surface area (Å²) < 4.78 is 3.25. The SMILES string of the molecule is CCc1nn(C)cc1Nc1nc(Cl)nc(-n2cccn2)n1. The first kappa shape index (κ1) is 13.5. The molecule has 0 saturated heterocycles. The van der Waals surface area contributed by atoms with E-state index in [4.69, 9.17) is 11.6 Å². The van der Waals surface area contributed by atoms with Crippen molar-refractivity contribution in [2.75, 3.05) is 5.32 Å². The molecule has 0 saturated carbocycles. The fourth-order valence-corrected chi connectivity index (χ4v) is 2.06. The second-order valence-corrected chi connectivity index (χ2v) is 4.66. The van der Waals surface area contributed by atoms with Crippen molar-refractivity contribution in [2.24, 2.45) is 7.05 Å². The second-order valence-electron chi connectivity index (χ2n) is 4.32. The van der Waals surface area contributed by atoms with Gasteiger partial charge in [-0.1, -0.05) is 6.92 Å². The van der Waals surface area contributed by atoms with E-state index in [-0.39, 0.29) is 5.28 Å². The first-order chi connectivity index (χ1) is 10.2. The molecule has 1 N–H and O–H groups in total. The molecule has 0 aliphatic carbocycles. The molecule has 3 aromatic rings. The molecule has 8 nitrogen and oxygen atoms in total. The van der Waals surface area contributed by atoms with Crippen molar-refractivity contribution in [3.8, 4) is 5.95 Å². The molecule has 0 aromatic carbocycles. The normalized spacial score (nSPS) is 10.8. The molecule has 9 heteroatoms. The quantitative estimate of drug-likeness (QED) is 0.790. The predicted octanol–water partition coefficient (Wildman–Crippen LogP) is 1.75. The second kappa shape index (κ2) is 5.49. The Kier molecular flexibility index (Phi) is 3.53. The van der Waals surface area contributed by atoms with Gasteiger partial charge < -0.3 is 5.32 Å². The molecule has 0 bridgehead atoms. The Morgan fingerprint density at radius 3 is 2.86 bits per heavy atom. The highest BCUT2D eigenvalue weighted by Gasteiger charge is 2.11. The lowest BCUT2D eigenvalue weighted by atomic mass is 10.3. The van der Waals surface area contributed by atoms with E-state index in [0.717, 1.165) is 17.8 Å². The molecule has 0 spiro atoms. The van der Waals surface area contributed by atoms with Gasteiger partial charge in [-0.3, -0.25) is 4.68 Å². The van der Waals surface area contributed by atoms with Gasteiger partial charge in [0, 0.05) is 25.6 Å². The van der Waals surface area contributed by atoms with Crippen molar-refractivity contribution >= 4 is 23.2 Å². The molecular formula is C12H13ClN8. The summed E-state index contributed by atoms with van der Waals surface area (Å²) in [5, 5.41) is 11.6. The van der Waals surface area contributed by atoms with Gasteiger partial charge in [0.05, 0.1) is 11.4 Å². The van der Waals surface area contributed by atoms with Crippen LogP contribution >= 0.6 is 11.6 Å². The topological polar surface area (TPSA) is 86.3 Å². The van der Waals surface area contributed by atoms with Crippen LogP contribution in [-0.2, 0) is 13.5 Å². The summed E-state index contributed by atoms with van der Waals surface area (Å²) in [5.41, 5.74) is 1.77. The van der Waals surface area contributed by atoms with E-state index >= 15 is 0 Å².